The highest BCUT2D eigenvalue weighted by Gasteiger charge is 2.11. The van der Waals surface area contributed by atoms with E-state index in [-0.39, 0.29) is 5.56 Å². The van der Waals surface area contributed by atoms with Crippen molar-refractivity contribution in [3.63, 3.8) is 0 Å². The van der Waals surface area contributed by atoms with Crippen molar-refractivity contribution in [2.24, 2.45) is 0 Å². The molecule has 5 heteroatoms. The van der Waals surface area contributed by atoms with Gasteiger partial charge < -0.3 is 9.55 Å². The third kappa shape index (κ3) is 1.59. The first-order valence-electron chi connectivity index (χ1n) is 5.07. The average molecular weight is 290 g/mol. The van der Waals surface area contributed by atoms with Gasteiger partial charge >= 0.3 is 0 Å². The molecule has 0 radical (unpaired) electrons. The number of nitrogens with one attached hydrogen (secondary N) is 1. The van der Waals surface area contributed by atoms with Crippen molar-refractivity contribution in [2.75, 3.05) is 0 Å². The summed E-state index contributed by atoms with van der Waals surface area (Å²) in [5, 5.41) is 0. The van der Waals surface area contributed by atoms with Crippen LogP contribution in [0.5, 0.6) is 0 Å². The second-order valence-corrected chi connectivity index (χ2v) is 4.47. The highest BCUT2D eigenvalue weighted by molar-refractivity contribution is 9.10. The van der Waals surface area contributed by atoms with Gasteiger partial charge in [0.1, 0.15) is 11.0 Å². The molecule has 1 N–H and O–H groups in total. The Balaban J connectivity index is 2.43. The minimum Gasteiger partial charge on any atom is -0.311 e. The summed E-state index contributed by atoms with van der Waals surface area (Å²) in [5.41, 5.74) is 1.99. The smallest absolute Gasteiger partial charge is 0.275 e. The number of aromatic amines is 1. The van der Waals surface area contributed by atoms with Crippen LogP contribution in [0.15, 0.2) is 52.1 Å². The van der Waals surface area contributed by atoms with Crippen molar-refractivity contribution in [1.29, 1.82) is 0 Å². The van der Waals surface area contributed by atoms with Crippen LogP contribution in [0.1, 0.15) is 0 Å². The number of nitrogens with zero attached hydrogens (tertiary/aromatic N) is 2. The molecule has 2 aromatic heterocycles. The van der Waals surface area contributed by atoms with Gasteiger partial charge in [-0.3, -0.25) is 4.79 Å². The summed E-state index contributed by atoms with van der Waals surface area (Å²) < 4.78 is 2.63. The first-order valence-corrected chi connectivity index (χ1v) is 5.86. The number of aromatic nitrogens is 3. The molecule has 0 amide bonds. The minimum atomic E-state index is -0.149. The lowest BCUT2D eigenvalue weighted by atomic mass is 10.3. The Morgan fingerprint density at radius 3 is 2.76 bits per heavy atom. The summed E-state index contributed by atoms with van der Waals surface area (Å²) in [6.07, 6.45) is 3.26. The van der Waals surface area contributed by atoms with Gasteiger partial charge in [0.25, 0.3) is 5.56 Å². The first-order chi connectivity index (χ1) is 8.27. The van der Waals surface area contributed by atoms with Crippen molar-refractivity contribution >= 4 is 27.0 Å². The zero-order valence-corrected chi connectivity index (χ0v) is 10.3. The number of benzene rings is 1. The summed E-state index contributed by atoms with van der Waals surface area (Å²) in [6, 6.07) is 9.68. The number of hydrogen-bond donors (Lipinski definition) is 1. The maximum Gasteiger partial charge on any atom is 0.275 e. The normalized spacial score (nSPS) is 10.9. The lowest BCUT2D eigenvalue weighted by molar-refractivity contribution is 1.08. The molecule has 0 bridgehead atoms. The largest absolute Gasteiger partial charge is 0.311 e. The van der Waals surface area contributed by atoms with Gasteiger partial charge in [0.2, 0.25) is 0 Å². The summed E-state index contributed by atoms with van der Waals surface area (Å²) in [6.45, 7) is 0. The fraction of sp³-hybridized carbons (Fsp3) is 0. The minimum absolute atomic E-state index is 0.149. The SMILES string of the molecule is O=c1[nH]cnc2c(Br)cn(-c3ccccc3)c12. The number of H-pyrrole nitrogens is 1. The molecule has 0 saturated carbocycles. The van der Waals surface area contributed by atoms with Crippen molar-refractivity contribution < 1.29 is 0 Å². The molecule has 0 unspecified atom stereocenters. The monoisotopic (exact) mass is 289 g/mol. The van der Waals surface area contributed by atoms with E-state index < -0.39 is 0 Å². The molecule has 0 atom stereocenters. The third-order valence-corrected chi connectivity index (χ3v) is 3.15. The van der Waals surface area contributed by atoms with Gasteiger partial charge in [-0.2, -0.15) is 0 Å². The Bertz CT molecular complexity index is 730. The molecule has 0 aliphatic heterocycles. The predicted molar refractivity (Wildman–Crippen MR) is 69.4 cm³/mol. The number of fused-ring (bicyclic) bond motifs is 1. The molecule has 4 nitrogen and oxygen atoms in total. The average Bonchev–Trinajstić information content (AvgIpc) is 2.70. The van der Waals surface area contributed by atoms with Gasteiger partial charge in [-0.05, 0) is 28.1 Å². The highest BCUT2D eigenvalue weighted by atomic mass is 79.9. The van der Waals surface area contributed by atoms with Crippen LogP contribution in [-0.2, 0) is 0 Å². The summed E-state index contributed by atoms with van der Waals surface area (Å²) in [5.74, 6) is 0. The van der Waals surface area contributed by atoms with E-state index in [4.69, 9.17) is 0 Å². The second kappa shape index (κ2) is 3.85. The van der Waals surface area contributed by atoms with Crippen LogP contribution in [-0.4, -0.2) is 14.5 Å². The van der Waals surface area contributed by atoms with E-state index in [9.17, 15) is 4.79 Å². The highest BCUT2D eigenvalue weighted by Crippen LogP contribution is 2.24. The third-order valence-electron chi connectivity index (χ3n) is 2.57. The van der Waals surface area contributed by atoms with Crippen LogP contribution < -0.4 is 5.56 Å². The van der Waals surface area contributed by atoms with E-state index in [0.29, 0.717) is 11.0 Å². The number of halogens is 1. The summed E-state index contributed by atoms with van der Waals surface area (Å²) >= 11 is 3.41. The quantitative estimate of drug-likeness (QED) is 0.748. The number of rotatable bonds is 1. The van der Waals surface area contributed by atoms with E-state index in [2.05, 4.69) is 25.9 Å². The molecular formula is C12H8BrN3O. The molecule has 3 aromatic rings. The lowest BCUT2D eigenvalue weighted by Crippen LogP contribution is -2.09. The Kier molecular flexibility index (Phi) is 2.33. The van der Waals surface area contributed by atoms with Gasteiger partial charge in [-0.25, -0.2) is 4.98 Å². The standard InChI is InChI=1S/C12H8BrN3O/c13-9-6-16(8-4-2-1-3-5-8)11-10(9)14-7-15-12(11)17/h1-7H,(H,14,15,17). The summed E-state index contributed by atoms with van der Waals surface area (Å²) in [7, 11) is 0. The maximum absolute atomic E-state index is 11.8. The van der Waals surface area contributed by atoms with Gasteiger partial charge in [-0.1, -0.05) is 18.2 Å². The fourth-order valence-electron chi connectivity index (χ4n) is 1.82. The van der Waals surface area contributed by atoms with E-state index in [1.165, 1.54) is 6.33 Å². The molecule has 84 valence electrons. The first kappa shape index (κ1) is 10.3. The molecule has 1 aromatic carbocycles. The zero-order chi connectivity index (χ0) is 11.8. The van der Waals surface area contributed by atoms with E-state index in [0.717, 1.165) is 10.2 Å². The van der Waals surface area contributed by atoms with Gasteiger partial charge in [0.15, 0.2) is 0 Å². The predicted octanol–water partition coefficient (Wildman–Crippen LogP) is 2.48. The molecule has 0 aliphatic carbocycles. The van der Waals surface area contributed by atoms with Crippen LogP contribution in [0.2, 0.25) is 0 Å². The van der Waals surface area contributed by atoms with E-state index in [1.54, 1.807) is 0 Å². The van der Waals surface area contributed by atoms with Crippen LogP contribution >= 0.6 is 15.9 Å². The molecule has 0 spiro atoms. The van der Waals surface area contributed by atoms with Gasteiger partial charge in [0.05, 0.1) is 10.8 Å². The van der Waals surface area contributed by atoms with Gasteiger partial charge in [-0.15, -0.1) is 0 Å². The topological polar surface area (TPSA) is 50.7 Å². The number of hydrogen-bond acceptors (Lipinski definition) is 2. The maximum atomic E-state index is 11.8. The molecule has 2 heterocycles. The van der Waals surface area contributed by atoms with E-state index >= 15 is 0 Å². The van der Waals surface area contributed by atoms with Crippen LogP contribution in [0.3, 0.4) is 0 Å². The number of para-hydroxylation sites is 1. The zero-order valence-electron chi connectivity index (χ0n) is 8.72. The van der Waals surface area contributed by atoms with Crippen molar-refractivity contribution in [1.82, 2.24) is 14.5 Å². The molecule has 0 fully saturated rings. The van der Waals surface area contributed by atoms with E-state index in [1.807, 2.05) is 41.1 Å². The summed E-state index contributed by atoms with van der Waals surface area (Å²) in [4.78, 5) is 18.6. The fourth-order valence-corrected chi connectivity index (χ4v) is 2.32. The molecule has 0 saturated heterocycles. The molecule has 3 rings (SSSR count). The van der Waals surface area contributed by atoms with Crippen LogP contribution in [0.4, 0.5) is 0 Å². The van der Waals surface area contributed by atoms with Crippen molar-refractivity contribution in [2.45, 2.75) is 0 Å². The molecule has 17 heavy (non-hydrogen) atoms. The Morgan fingerprint density at radius 2 is 2.00 bits per heavy atom. The van der Waals surface area contributed by atoms with Gasteiger partial charge in [0, 0.05) is 11.9 Å². The lowest BCUT2D eigenvalue weighted by Gasteiger charge is -2.02. The van der Waals surface area contributed by atoms with Crippen LogP contribution in [0, 0.1) is 0 Å². The van der Waals surface area contributed by atoms with Crippen molar-refractivity contribution in [3.8, 4) is 5.69 Å². The molecule has 0 aliphatic rings. The Morgan fingerprint density at radius 1 is 1.24 bits per heavy atom. The Hall–Kier alpha value is -1.88. The second-order valence-electron chi connectivity index (χ2n) is 3.61. The van der Waals surface area contributed by atoms with Crippen LogP contribution in [0.25, 0.3) is 16.7 Å². The Labute approximate surface area is 105 Å². The molecular weight excluding hydrogens is 282 g/mol. The van der Waals surface area contributed by atoms with Crippen molar-refractivity contribution in [3.05, 3.63) is 57.7 Å².